The maximum Gasteiger partial charge on any atom is 0.271 e. The Morgan fingerprint density at radius 2 is 1.98 bits per heavy atom. The van der Waals surface area contributed by atoms with Crippen LogP contribution in [0.3, 0.4) is 0 Å². The highest BCUT2D eigenvalue weighted by Crippen LogP contribution is 2.47. The number of ether oxygens (including phenoxy) is 1. The fraction of sp³-hybridized carbons (Fsp3) is 0.303. The molecule has 5 rings (SSSR count). The lowest BCUT2D eigenvalue weighted by Crippen LogP contribution is -2.39. The number of nitrogens with zero attached hydrogens (tertiary/aromatic N) is 3. The van der Waals surface area contributed by atoms with Crippen LogP contribution in [0.1, 0.15) is 30.5 Å². The van der Waals surface area contributed by atoms with Gasteiger partial charge < -0.3 is 20.1 Å². The quantitative estimate of drug-likeness (QED) is 0.111. The third-order valence-electron chi connectivity index (χ3n) is 8.36. The van der Waals surface area contributed by atoms with Crippen molar-refractivity contribution in [2.45, 2.75) is 25.4 Å². The molecule has 1 aliphatic carbocycles. The number of rotatable bonds is 11. The standard InChI is InChI=1S/C33H32BrN3O8/c1-45-18-21-15-25-31(33(42)36(32(25)41)23-5-4-6-24(16-23)37(43)44)26(17-38)30(21)29(40)10-8-19(27-7-2-3-12-35-27)13-20-14-22(34)9-11-28(20)39/h2-7,9,11-14,16,25-26,29,31,38-40H,8,10,15,17-18H2,1H3/b19-13-/t25-,26+,29-,31-/m1/s1. The maximum atomic E-state index is 13.8. The highest BCUT2D eigenvalue weighted by atomic mass is 79.9. The van der Waals surface area contributed by atoms with Gasteiger partial charge in [0.2, 0.25) is 11.8 Å². The molecule has 2 heterocycles. The second kappa shape index (κ2) is 13.8. The number of hydrogen-bond acceptors (Lipinski definition) is 9. The molecule has 1 saturated heterocycles. The number of methoxy groups -OCH3 is 1. The molecule has 234 valence electrons. The Bertz CT molecular complexity index is 1680. The van der Waals surface area contributed by atoms with Crippen LogP contribution in [0, 0.1) is 27.9 Å². The maximum absolute atomic E-state index is 13.8. The van der Waals surface area contributed by atoms with Gasteiger partial charge in [0.25, 0.3) is 5.69 Å². The summed E-state index contributed by atoms with van der Waals surface area (Å²) in [6.45, 7) is -0.420. The van der Waals surface area contributed by atoms with Crippen LogP contribution in [0.25, 0.3) is 11.6 Å². The summed E-state index contributed by atoms with van der Waals surface area (Å²) in [5, 5.41) is 44.1. The third-order valence-corrected chi connectivity index (χ3v) is 8.85. The average molecular weight is 679 g/mol. The summed E-state index contributed by atoms with van der Waals surface area (Å²) < 4.78 is 6.20. The van der Waals surface area contributed by atoms with Crippen LogP contribution in [-0.2, 0) is 14.3 Å². The van der Waals surface area contributed by atoms with Crippen LogP contribution in [0.5, 0.6) is 5.75 Å². The molecule has 0 radical (unpaired) electrons. The van der Waals surface area contributed by atoms with Gasteiger partial charge in [-0.25, -0.2) is 4.90 Å². The molecule has 0 spiro atoms. The van der Waals surface area contributed by atoms with Crippen molar-refractivity contribution in [3.05, 3.63) is 104 Å². The fourth-order valence-corrected chi connectivity index (χ4v) is 6.75. The minimum atomic E-state index is -1.11. The molecule has 12 heteroatoms. The molecule has 0 unspecified atom stereocenters. The molecule has 4 atom stereocenters. The van der Waals surface area contributed by atoms with Crippen molar-refractivity contribution in [2.75, 3.05) is 25.2 Å². The van der Waals surface area contributed by atoms with Gasteiger partial charge in [-0.05, 0) is 78.5 Å². The number of aliphatic hydroxyl groups excluding tert-OH is 2. The van der Waals surface area contributed by atoms with E-state index >= 15 is 0 Å². The van der Waals surface area contributed by atoms with E-state index in [2.05, 4.69) is 20.9 Å². The molecular weight excluding hydrogens is 646 g/mol. The van der Waals surface area contributed by atoms with E-state index in [1.54, 1.807) is 36.5 Å². The number of non-ortho nitro benzene ring substituents is 1. The Balaban J connectivity index is 1.46. The first-order chi connectivity index (χ1) is 21.6. The molecule has 1 aromatic heterocycles. The molecule has 11 nitrogen and oxygen atoms in total. The van der Waals surface area contributed by atoms with Crippen LogP contribution in [0.15, 0.2) is 82.5 Å². The normalized spacial score (nSPS) is 20.8. The average Bonchev–Trinajstić information content (AvgIpc) is 3.29. The van der Waals surface area contributed by atoms with E-state index in [4.69, 9.17) is 4.74 Å². The summed E-state index contributed by atoms with van der Waals surface area (Å²) in [6, 6.07) is 15.8. The summed E-state index contributed by atoms with van der Waals surface area (Å²) >= 11 is 3.43. The van der Waals surface area contributed by atoms with Gasteiger partial charge in [-0.3, -0.25) is 24.7 Å². The molecule has 2 aliphatic rings. The van der Waals surface area contributed by atoms with Gasteiger partial charge in [0, 0.05) is 41.4 Å². The zero-order chi connectivity index (χ0) is 32.2. The van der Waals surface area contributed by atoms with E-state index in [-0.39, 0.29) is 36.6 Å². The van der Waals surface area contributed by atoms with E-state index in [9.17, 15) is 35.0 Å². The number of allylic oxidation sites excluding steroid dienone is 1. The Morgan fingerprint density at radius 1 is 1.18 bits per heavy atom. The number of aliphatic hydroxyl groups is 2. The lowest BCUT2D eigenvalue weighted by Gasteiger charge is -2.36. The predicted molar refractivity (Wildman–Crippen MR) is 170 cm³/mol. The number of phenolic OH excluding ortho intramolecular Hbond substituents is 1. The summed E-state index contributed by atoms with van der Waals surface area (Å²) in [4.78, 5) is 43.6. The van der Waals surface area contributed by atoms with Gasteiger partial charge in [-0.15, -0.1) is 0 Å². The molecule has 2 amide bonds. The lowest BCUT2D eigenvalue weighted by atomic mass is 9.68. The summed E-state index contributed by atoms with van der Waals surface area (Å²) in [5.41, 5.74) is 2.86. The number of nitro benzene ring substituents is 1. The highest BCUT2D eigenvalue weighted by molar-refractivity contribution is 9.10. The van der Waals surface area contributed by atoms with E-state index in [0.29, 0.717) is 28.8 Å². The van der Waals surface area contributed by atoms with Crippen molar-refractivity contribution in [3.8, 4) is 5.75 Å². The zero-order valence-corrected chi connectivity index (χ0v) is 26.0. The summed E-state index contributed by atoms with van der Waals surface area (Å²) in [6.07, 6.45) is 2.99. The number of imide groups is 1. The first kappa shape index (κ1) is 32.2. The number of fused-ring (bicyclic) bond motifs is 1. The number of carbonyl (C=O) groups is 2. The number of carbonyl (C=O) groups excluding carboxylic acids is 2. The number of pyridine rings is 1. The van der Waals surface area contributed by atoms with E-state index in [1.165, 1.54) is 31.4 Å². The fourth-order valence-electron chi connectivity index (χ4n) is 6.37. The number of amides is 2. The lowest BCUT2D eigenvalue weighted by molar-refractivity contribution is -0.384. The molecule has 45 heavy (non-hydrogen) atoms. The molecule has 2 aromatic carbocycles. The van der Waals surface area contributed by atoms with Crippen LogP contribution >= 0.6 is 15.9 Å². The Labute approximate surface area is 267 Å². The molecule has 3 N–H and O–H groups in total. The van der Waals surface area contributed by atoms with Gasteiger partial charge in [0.05, 0.1) is 47.5 Å². The number of aromatic nitrogens is 1. The summed E-state index contributed by atoms with van der Waals surface area (Å²) in [7, 11) is 1.49. The molecule has 3 aromatic rings. The Hall–Kier alpha value is -4.23. The Morgan fingerprint density at radius 3 is 2.67 bits per heavy atom. The number of phenols is 1. The smallest absolute Gasteiger partial charge is 0.271 e. The van der Waals surface area contributed by atoms with E-state index in [0.717, 1.165) is 14.9 Å². The van der Waals surface area contributed by atoms with E-state index in [1.807, 2.05) is 12.1 Å². The number of benzene rings is 2. The number of aromatic hydroxyl groups is 1. The molecule has 1 fully saturated rings. The first-order valence-electron chi connectivity index (χ1n) is 14.4. The summed E-state index contributed by atoms with van der Waals surface area (Å²) in [5.74, 6) is -3.67. The van der Waals surface area contributed by atoms with Crippen LogP contribution in [0.2, 0.25) is 0 Å². The largest absolute Gasteiger partial charge is 0.507 e. The molecule has 1 aliphatic heterocycles. The molecule has 0 bridgehead atoms. The Kier molecular flexibility index (Phi) is 9.88. The van der Waals surface area contributed by atoms with Gasteiger partial charge in [0.15, 0.2) is 0 Å². The van der Waals surface area contributed by atoms with Crippen molar-refractivity contribution in [2.24, 2.45) is 17.8 Å². The second-order valence-corrected chi connectivity index (χ2v) is 12.0. The minimum Gasteiger partial charge on any atom is -0.507 e. The van der Waals surface area contributed by atoms with Crippen molar-refractivity contribution < 1.29 is 34.6 Å². The second-order valence-electron chi connectivity index (χ2n) is 11.0. The first-order valence-corrected chi connectivity index (χ1v) is 15.2. The van der Waals surface area contributed by atoms with Gasteiger partial charge in [-0.1, -0.05) is 28.1 Å². The van der Waals surface area contributed by atoms with Gasteiger partial charge in [-0.2, -0.15) is 0 Å². The highest BCUT2D eigenvalue weighted by Gasteiger charge is 2.55. The molecular formula is C33H32BrN3O8. The van der Waals surface area contributed by atoms with Crippen molar-refractivity contribution in [3.63, 3.8) is 0 Å². The number of hydrogen-bond donors (Lipinski definition) is 3. The third kappa shape index (κ3) is 6.59. The SMILES string of the molecule is COCC1=C([C@H](O)CC/C(=C/c2cc(Br)ccc2O)c2ccccn2)[C@H](CO)[C@@H]2C(=O)N(c3cccc([N+](=O)[O-])c3)C(=O)[C@@H]2C1. The number of anilines is 1. The van der Waals surface area contributed by atoms with Crippen LogP contribution in [-0.4, -0.2) is 63.5 Å². The monoisotopic (exact) mass is 677 g/mol. The predicted octanol–water partition coefficient (Wildman–Crippen LogP) is 4.90. The van der Waals surface area contributed by atoms with Crippen LogP contribution in [0.4, 0.5) is 11.4 Å². The number of nitro groups is 1. The molecule has 0 saturated carbocycles. The minimum absolute atomic E-state index is 0.0775. The van der Waals surface area contributed by atoms with Gasteiger partial charge >= 0.3 is 0 Å². The topological polar surface area (TPSA) is 163 Å². The van der Waals surface area contributed by atoms with Crippen molar-refractivity contribution in [1.82, 2.24) is 4.98 Å². The van der Waals surface area contributed by atoms with Crippen molar-refractivity contribution >= 4 is 50.8 Å². The zero-order valence-electron chi connectivity index (χ0n) is 24.4. The van der Waals surface area contributed by atoms with Crippen molar-refractivity contribution in [1.29, 1.82) is 0 Å². The van der Waals surface area contributed by atoms with Gasteiger partial charge in [0.1, 0.15) is 5.75 Å². The number of halogens is 1. The van der Waals surface area contributed by atoms with E-state index < -0.39 is 47.2 Å². The van der Waals surface area contributed by atoms with Crippen LogP contribution < -0.4 is 4.90 Å².